The van der Waals surface area contributed by atoms with Crippen LogP contribution in [-0.2, 0) is 0 Å². The second kappa shape index (κ2) is 2.99. The Balaban J connectivity index is 2.89. The van der Waals surface area contributed by atoms with Crippen LogP contribution in [-0.4, -0.2) is 0 Å². The highest BCUT2D eigenvalue weighted by atomic mass is 35.5. The molecule has 0 saturated heterocycles. The zero-order chi connectivity index (χ0) is 7.56. The van der Waals surface area contributed by atoms with E-state index in [9.17, 15) is 0 Å². The third kappa shape index (κ3) is 1.69. The summed E-state index contributed by atoms with van der Waals surface area (Å²) in [5.41, 5.74) is 6.82. The molecule has 0 saturated carbocycles. The van der Waals surface area contributed by atoms with E-state index in [2.05, 4.69) is 0 Å². The lowest BCUT2D eigenvalue weighted by Gasteiger charge is -2.03. The van der Waals surface area contributed by atoms with E-state index in [1.807, 2.05) is 0 Å². The Labute approximate surface area is 69.4 Å². The number of nitrogens with zero attached hydrogens (tertiary/aromatic N) is 1. The smallest absolute Gasteiger partial charge is 0.0711 e. The van der Waals surface area contributed by atoms with Gasteiger partial charge in [0.2, 0.25) is 0 Å². The molecule has 0 bridgehead atoms. The molecule has 2 N–H and O–H groups in total. The Bertz CT molecular complexity index is 207. The van der Waals surface area contributed by atoms with Gasteiger partial charge in [-0.1, -0.05) is 0 Å². The van der Waals surface area contributed by atoms with Gasteiger partial charge in [0.05, 0.1) is 5.69 Å². The van der Waals surface area contributed by atoms with Crippen LogP contribution in [0.1, 0.15) is 0 Å². The van der Waals surface area contributed by atoms with Gasteiger partial charge in [0, 0.05) is 29.2 Å². The summed E-state index contributed by atoms with van der Waals surface area (Å²) in [6.07, 6.45) is 0. The minimum Gasteiger partial charge on any atom is -0.399 e. The normalized spacial score (nSPS) is 9.40. The van der Waals surface area contributed by atoms with E-state index in [1.165, 1.54) is 0 Å². The molecule has 1 aromatic rings. The Morgan fingerprint density at radius 2 is 1.60 bits per heavy atom. The highest BCUT2D eigenvalue weighted by molar-refractivity contribution is 6.49. The molecule has 0 heterocycles. The van der Waals surface area contributed by atoms with Crippen molar-refractivity contribution in [2.45, 2.75) is 0 Å². The summed E-state index contributed by atoms with van der Waals surface area (Å²) < 4.78 is 0.986. The lowest BCUT2D eigenvalue weighted by molar-refractivity contribution is 1.57. The van der Waals surface area contributed by atoms with Gasteiger partial charge in [-0.05, 0) is 24.3 Å². The molecule has 2 nitrogen and oxygen atoms in total. The summed E-state index contributed by atoms with van der Waals surface area (Å²) in [6.45, 7) is 0. The first-order valence-electron chi connectivity index (χ1n) is 2.67. The highest BCUT2D eigenvalue weighted by Gasteiger charge is 1.96. The summed E-state index contributed by atoms with van der Waals surface area (Å²) in [4.78, 5) is 0. The SMILES string of the molecule is Nc1ccc(N(Cl)Cl)cc1. The highest BCUT2D eigenvalue weighted by Crippen LogP contribution is 2.19. The van der Waals surface area contributed by atoms with Crippen LogP contribution in [0.15, 0.2) is 24.3 Å². The van der Waals surface area contributed by atoms with Gasteiger partial charge in [-0.25, -0.2) is 0 Å². The van der Waals surface area contributed by atoms with E-state index in [-0.39, 0.29) is 0 Å². The Hall–Kier alpha value is -0.600. The van der Waals surface area contributed by atoms with Crippen molar-refractivity contribution in [3.63, 3.8) is 0 Å². The number of hydrogen-bond acceptors (Lipinski definition) is 2. The van der Waals surface area contributed by atoms with Gasteiger partial charge in [-0.15, -0.1) is 0 Å². The van der Waals surface area contributed by atoms with Crippen LogP contribution in [0, 0.1) is 0 Å². The van der Waals surface area contributed by atoms with Gasteiger partial charge in [0.15, 0.2) is 0 Å². The van der Waals surface area contributed by atoms with Crippen molar-refractivity contribution in [1.82, 2.24) is 0 Å². The Morgan fingerprint density at radius 1 is 1.10 bits per heavy atom. The van der Waals surface area contributed by atoms with Crippen LogP contribution < -0.4 is 9.67 Å². The number of rotatable bonds is 1. The molecule has 4 heteroatoms. The summed E-state index contributed by atoms with van der Waals surface area (Å²) in [7, 11) is 0. The van der Waals surface area contributed by atoms with E-state index in [1.54, 1.807) is 24.3 Å². The van der Waals surface area contributed by atoms with E-state index < -0.39 is 0 Å². The van der Waals surface area contributed by atoms with Crippen molar-refractivity contribution >= 4 is 34.9 Å². The number of anilines is 2. The fourth-order valence-corrected chi connectivity index (χ4v) is 0.812. The van der Waals surface area contributed by atoms with Crippen molar-refractivity contribution in [2.24, 2.45) is 0 Å². The molecule has 0 amide bonds. The first-order valence-corrected chi connectivity index (χ1v) is 3.35. The van der Waals surface area contributed by atoms with Crippen molar-refractivity contribution in [1.29, 1.82) is 0 Å². The van der Waals surface area contributed by atoms with Gasteiger partial charge in [0.1, 0.15) is 0 Å². The molecule has 0 aliphatic heterocycles. The monoisotopic (exact) mass is 176 g/mol. The third-order valence-corrected chi connectivity index (χ3v) is 1.48. The summed E-state index contributed by atoms with van der Waals surface area (Å²) in [5.74, 6) is 0. The molecule has 0 aromatic heterocycles. The average molecular weight is 177 g/mol. The van der Waals surface area contributed by atoms with Gasteiger partial charge >= 0.3 is 0 Å². The van der Waals surface area contributed by atoms with Crippen molar-refractivity contribution < 1.29 is 0 Å². The zero-order valence-corrected chi connectivity index (χ0v) is 6.60. The molecule has 0 radical (unpaired) electrons. The van der Waals surface area contributed by atoms with E-state index in [0.29, 0.717) is 11.4 Å². The molecule has 0 atom stereocenters. The average Bonchev–Trinajstić information content (AvgIpc) is 1.88. The largest absolute Gasteiger partial charge is 0.399 e. The van der Waals surface area contributed by atoms with Crippen LogP contribution in [0.25, 0.3) is 0 Å². The number of nitrogens with two attached hydrogens (primary N) is 1. The summed E-state index contributed by atoms with van der Waals surface area (Å²) in [5, 5.41) is 0. The first kappa shape index (κ1) is 7.51. The zero-order valence-electron chi connectivity index (χ0n) is 5.09. The molecular formula is C6H6Cl2N2. The van der Waals surface area contributed by atoms with E-state index in [0.717, 1.165) is 3.94 Å². The molecule has 1 aromatic carbocycles. The molecule has 0 unspecified atom stereocenters. The quantitative estimate of drug-likeness (QED) is 0.527. The van der Waals surface area contributed by atoms with Crippen molar-refractivity contribution in [3.05, 3.63) is 24.3 Å². The van der Waals surface area contributed by atoms with Crippen LogP contribution in [0.3, 0.4) is 0 Å². The molecule has 0 spiro atoms. The standard InChI is InChI=1S/C6H6Cl2N2/c7-10(8)6-3-1-5(9)2-4-6/h1-4H,9H2. The maximum Gasteiger partial charge on any atom is 0.0711 e. The van der Waals surface area contributed by atoms with Gasteiger partial charge in [-0.3, -0.25) is 0 Å². The lowest BCUT2D eigenvalue weighted by Crippen LogP contribution is -1.91. The summed E-state index contributed by atoms with van der Waals surface area (Å²) >= 11 is 10.8. The minimum absolute atomic E-state index is 0.693. The predicted molar refractivity (Wildman–Crippen MR) is 45.0 cm³/mol. The third-order valence-electron chi connectivity index (χ3n) is 1.09. The number of nitrogen functional groups attached to an aromatic ring is 1. The van der Waals surface area contributed by atoms with Crippen molar-refractivity contribution in [2.75, 3.05) is 9.67 Å². The topological polar surface area (TPSA) is 29.3 Å². The molecule has 0 aliphatic carbocycles. The van der Waals surface area contributed by atoms with Crippen LogP contribution in [0.4, 0.5) is 11.4 Å². The number of hydrogen-bond donors (Lipinski definition) is 1. The maximum absolute atomic E-state index is 5.42. The fourth-order valence-electron chi connectivity index (χ4n) is 0.587. The molecular weight excluding hydrogens is 171 g/mol. The second-order valence-electron chi connectivity index (χ2n) is 1.82. The molecule has 54 valence electrons. The molecule has 0 fully saturated rings. The van der Waals surface area contributed by atoms with E-state index >= 15 is 0 Å². The van der Waals surface area contributed by atoms with Crippen LogP contribution in [0.2, 0.25) is 0 Å². The number of halogens is 2. The van der Waals surface area contributed by atoms with Gasteiger partial charge in [0.25, 0.3) is 0 Å². The summed E-state index contributed by atoms with van der Waals surface area (Å²) in [6, 6.07) is 6.92. The predicted octanol–water partition coefficient (Wildman–Crippen LogP) is 2.38. The Kier molecular flexibility index (Phi) is 2.25. The van der Waals surface area contributed by atoms with Crippen LogP contribution >= 0.6 is 23.6 Å². The number of benzene rings is 1. The second-order valence-corrected chi connectivity index (χ2v) is 2.67. The Morgan fingerprint density at radius 3 is 2.00 bits per heavy atom. The lowest BCUT2D eigenvalue weighted by atomic mass is 10.3. The molecule has 10 heavy (non-hydrogen) atoms. The van der Waals surface area contributed by atoms with Gasteiger partial charge in [-0.2, -0.15) is 3.94 Å². The first-order chi connectivity index (χ1) is 4.70. The van der Waals surface area contributed by atoms with E-state index in [4.69, 9.17) is 29.3 Å². The fraction of sp³-hybridized carbons (Fsp3) is 0. The minimum atomic E-state index is 0.693. The maximum atomic E-state index is 5.42. The van der Waals surface area contributed by atoms with Gasteiger partial charge < -0.3 is 5.73 Å². The molecule has 0 aliphatic rings. The van der Waals surface area contributed by atoms with Crippen LogP contribution in [0.5, 0.6) is 0 Å². The molecule has 1 rings (SSSR count). The van der Waals surface area contributed by atoms with Crippen molar-refractivity contribution in [3.8, 4) is 0 Å².